The van der Waals surface area contributed by atoms with E-state index in [-0.39, 0.29) is 6.04 Å². The van der Waals surface area contributed by atoms with Crippen LogP contribution in [0.2, 0.25) is 0 Å². The largest absolute Gasteiger partial charge is 0.416 e. The number of rotatable bonds is 3. The second-order valence-electron chi connectivity index (χ2n) is 4.84. The highest BCUT2D eigenvalue weighted by Crippen LogP contribution is 2.33. The SMILES string of the molecule is CC(C)N(c1ccccc1)c1ccc(C(F)(F)F)cc1. The molecule has 0 heterocycles. The van der Waals surface area contributed by atoms with Crippen molar-refractivity contribution in [1.29, 1.82) is 0 Å². The van der Waals surface area contributed by atoms with E-state index in [0.29, 0.717) is 0 Å². The smallest absolute Gasteiger partial charge is 0.339 e. The molecule has 0 amide bonds. The third kappa shape index (κ3) is 3.13. The second kappa shape index (κ2) is 5.57. The summed E-state index contributed by atoms with van der Waals surface area (Å²) in [6.45, 7) is 4.01. The number of halogens is 3. The summed E-state index contributed by atoms with van der Waals surface area (Å²) in [5.41, 5.74) is 1.08. The molecule has 0 aliphatic carbocycles. The lowest BCUT2D eigenvalue weighted by Crippen LogP contribution is -2.25. The highest BCUT2D eigenvalue weighted by molar-refractivity contribution is 5.64. The van der Waals surface area contributed by atoms with Gasteiger partial charge in [0.25, 0.3) is 0 Å². The Morgan fingerprint density at radius 1 is 0.800 bits per heavy atom. The van der Waals surface area contributed by atoms with E-state index >= 15 is 0 Å². The second-order valence-corrected chi connectivity index (χ2v) is 4.84. The molecule has 0 unspecified atom stereocenters. The Morgan fingerprint density at radius 2 is 1.30 bits per heavy atom. The van der Waals surface area contributed by atoms with Crippen LogP contribution in [0.3, 0.4) is 0 Å². The van der Waals surface area contributed by atoms with Crippen molar-refractivity contribution in [2.75, 3.05) is 4.90 Å². The first-order chi connectivity index (χ1) is 9.39. The first-order valence-electron chi connectivity index (χ1n) is 6.41. The fourth-order valence-electron chi connectivity index (χ4n) is 2.14. The molecule has 2 aromatic rings. The Labute approximate surface area is 116 Å². The van der Waals surface area contributed by atoms with Crippen LogP contribution in [0.15, 0.2) is 54.6 Å². The maximum absolute atomic E-state index is 12.6. The molecular formula is C16H16F3N. The van der Waals surface area contributed by atoms with Crippen LogP contribution in [0.25, 0.3) is 0 Å². The van der Waals surface area contributed by atoms with E-state index in [1.54, 1.807) is 0 Å². The molecule has 0 saturated heterocycles. The molecular weight excluding hydrogens is 263 g/mol. The number of benzene rings is 2. The Bertz CT molecular complexity index is 544. The van der Waals surface area contributed by atoms with Crippen molar-refractivity contribution in [2.45, 2.75) is 26.1 Å². The summed E-state index contributed by atoms with van der Waals surface area (Å²) >= 11 is 0. The van der Waals surface area contributed by atoms with E-state index in [4.69, 9.17) is 0 Å². The molecule has 0 aliphatic heterocycles. The molecule has 0 aliphatic rings. The number of hydrogen-bond acceptors (Lipinski definition) is 1. The summed E-state index contributed by atoms with van der Waals surface area (Å²) in [5, 5.41) is 0. The molecule has 0 N–H and O–H groups in total. The van der Waals surface area contributed by atoms with E-state index < -0.39 is 11.7 Å². The fourth-order valence-corrected chi connectivity index (χ4v) is 2.14. The maximum atomic E-state index is 12.6. The van der Waals surface area contributed by atoms with Crippen molar-refractivity contribution in [2.24, 2.45) is 0 Å². The molecule has 0 atom stereocenters. The van der Waals surface area contributed by atoms with Crippen LogP contribution in [0, 0.1) is 0 Å². The lowest BCUT2D eigenvalue weighted by atomic mass is 10.1. The van der Waals surface area contributed by atoms with Gasteiger partial charge in [-0.05, 0) is 50.2 Å². The highest BCUT2D eigenvalue weighted by Gasteiger charge is 2.30. The highest BCUT2D eigenvalue weighted by atomic mass is 19.4. The van der Waals surface area contributed by atoms with Gasteiger partial charge in [-0.15, -0.1) is 0 Å². The van der Waals surface area contributed by atoms with Gasteiger partial charge < -0.3 is 4.90 Å². The van der Waals surface area contributed by atoms with E-state index in [9.17, 15) is 13.2 Å². The Kier molecular flexibility index (Phi) is 4.02. The number of anilines is 2. The van der Waals surface area contributed by atoms with E-state index in [1.165, 1.54) is 12.1 Å². The van der Waals surface area contributed by atoms with Crippen molar-refractivity contribution in [1.82, 2.24) is 0 Å². The number of alkyl halides is 3. The summed E-state index contributed by atoms with van der Waals surface area (Å²) in [7, 11) is 0. The monoisotopic (exact) mass is 279 g/mol. The number of para-hydroxylation sites is 1. The zero-order valence-electron chi connectivity index (χ0n) is 11.4. The lowest BCUT2D eigenvalue weighted by Gasteiger charge is -2.29. The van der Waals surface area contributed by atoms with Crippen LogP contribution in [0.4, 0.5) is 24.5 Å². The van der Waals surface area contributed by atoms with E-state index in [2.05, 4.69) is 0 Å². The topological polar surface area (TPSA) is 3.24 Å². The molecule has 1 nitrogen and oxygen atoms in total. The van der Waals surface area contributed by atoms with Gasteiger partial charge >= 0.3 is 6.18 Å². The van der Waals surface area contributed by atoms with Crippen LogP contribution < -0.4 is 4.90 Å². The first kappa shape index (κ1) is 14.4. The Hall–Kier alpha value is -1.97. The minimum atomic E-state index is -4.30. The van der Waals surface area contributed by atoms with Gasteiger partial charge in [0.05, 0.1) is 5.56 Å². The number of nitrogens with zero attached hydrogens (tertiary/aromatic N) is 1. The first-order valence-corrected chi connectivity index (χ1v) is 6.41. The zero-order chi connectivity index (χ0) is 14.8. The molecule has 106 valence electrons. The summed E-state index contributed by atoms with van der Waals surface area (Å²) in [6.07, 6.45) is -4.30. The van der Waals surface area contributed by atoms with E-state index in [0.717, 1.165) is 23.5 Å². The summed E-state index contributed by atoms with van der Waals surface area (Å²) < 4.78 is 37.8. The molecule has 20 heavy (non-hydrogen) atoms. The van der Waals surface area contributed by atoms with Gasteiger partial charge in [-0.25, -0.2) is 0 Å². The van der Waals surface area contributed by atoms with Crippen LogP contribution in [0.5, 0.6) is 0 Å². The van der Waals surface area contributed by atoms with Crippen LogP contribution >= 0.6 is 0 Å². The molecule has 0 spiro atoms. The third-order valence-corrected chi connectivity index (χ3v) is 3.02. The predicted molar refractivity (Wildman–Crippen MR) is 75.2 cm³/mol. The molecule has 2 aromatic carbocycles. The van der Waals surface area contributed by atoms with Crippen molar-refractivity contribution >= 4 is 11.4 Å². The standard InChI is InChI=1S/C16H16F3N/c1-12(2)20(14-6-4-3-5-7-14)15-10-8-13(9-11-15)16(17,18)19/h3-12H,1-2H3. The zero-order valence-corrected chi connectivity index (χ0v) is 11.4. The van der Waals surface area contributed by atoms with Crippen molar-refractivity contribution in [3.8, 4) is 0 Å². The van der Waals surface area contributed by atoms with Gasteiger partial charge in [0.2, 0.25) is 0 Å². The van der Waals surface area contributed by atoms with Crippen molar-refractivity contribution < 1.29 is 13.2 Å². The molecule has 0 bridgehead atoms. The van der Waals surface area contributed by atoms with Gasteiger partial charge in [-0.1, -0.05) is 18.2 Å². The third-order valence-electron chi connectivity index (χ3n) is 3.02. The quantitative estimate of drug-likeness (QED) is 0.741. The summed E-state index contributed by atoms with van der Waals surface area (Å²) in [6, 6.07) is 15.0. The molecule has 4 heteroatoms. The van der Waals surface area contributed by atoms with Gasteiger partial charge in [0.1, 0.15) is 0 Å². The van der Waals surface area contributed by atoms with Crippen LogP contribution in [-0.2, 0) is 6.18 Å². The van der Waals surface area contributed by atoms with Crippen molar-refractivity contribution in [3.63, 3.8) is 0 Å². The average molecular weight is 279 g/mol. The average Bonchev–Trinajstić information content (AvgIpc) is 2.39. The molecule has 0 aromatic heterocycles. The van der Waals surface area contributed by atoms with Gasteiger partial charge in [-0.2, -0.15) is 13.2 Å². The van der Waals surface area contributed by atoms with Gasteiger partial charge in [0.15, 0.2) is 0 Å². The van der Waals surface area contributed by atoms with Crippen molar-refractivity contribution in [3.05, 3.63) is 60.2 Å². The molecule has 0 radical (unpaired) electrons. The summed E-state index contributed by atoms with van der Waals surface area (Å²) in [4.78, 5) is 2.00. The molecule has 0 saturated carbocycles. The maximum Gasteiger partial charge on any atom is 0.416 e. The minimum Gasteiger partial charge on any atom is -0.339 e. The van der Waals surface area contributed by atoms with Crippen LogP contribution in [-0.4, -0.2) is 6.04 Å². The normalized spacial score (nSPS) is 11.7. The van der Waals surface area contributed by atoms with Crippen LogP contribution in [0.1, 0.15) is 19.4 Å². The van der Waals surface area contributed by atoms with Gasteiger partial charge in [0, 0.05) is 17.4 Å². The summed E-state index contributed by atoms with van der Waals surface area (Å²) in [5.74, 6) is 0. The fraction of sp³-hybridized carbons (Fsp3) is 0.250. The minimum absolute atomic E-state index is 0.147. The predicted octanol–water partition coefficient (Wildman–Crippen LogP) is 5.25. The molecule has 0 fully saturated rings. The van der Waals surface area contributed by atoms with E-state index in [1.807, 2.05) is 49.1 Å². The Balaban J connectivity index is 2.37. The number of hydrogen-bond donors (Lipinski definition) is 0. The lowest BCUT2D eigenvalue weighted by molar-refractivity contribution is -0.137. The Morgan fingerprint density at radius 3 is 1.75 bits per heavy atom. The molecule has 2 rings (SSSR count). The van der Waals surface area contributed by atoms with Gasteiger partial charge in [-0.3, -0.25) is 0 Å².